The van der Waals surface area contributed by atoms with Crippen molar-refractivity contribution in [3.63, 3.8) is 0 Å². The molecule has 2 amide bonds. The number of Topliss-reactive ketones (excluding diaryl/α,β-unsaturated/α-hetero) is 1. The maximum absolute atomic E-state index is 12.8. The first-order valence-electron chi connectivity index (χ1n) is 13.6. The molecule has 0 saturated heterocycles. The summed E-state index contributed by atoms with van der Waals surface area (Å²) in [5, 5.41) is 15.9. The first-order chi connectivity index (χ1) is 20.3. The van der Waals surface area contributed by atoms with Gasteiger partial charge in [0.15, 0.2) is 17.3 Å². The number of anilines is 1. The third-order valence-corrected chi connectivity index (χ3v) is 6.98. The van der Waals surface area contributed by atoms with Crippen molar-refractivity contribution in [1.82, 2.24) is 5.32 Å². The van der Waals surface area contributed by atoms with Crippen LogP contribution < -0.4 is 20.1 Å². The van der Waals surface area contributed by atoms with Crippen LogP contribution in [0.5, 0.6) is 17.2 Å². The summed E-state index contributed by atoms with van der Waals surface area (Å²) in [7, 11) is 3.04. The van der Waals surface area contributed by atoms with Crippen molar-refractivity contribution in [2.75, 3.05) is 26.1 Å². The molecule has 0 aromatic heterocycles. The molecule has 216 valence electrons. The predicted molar refractivity (Wildman–Crippen MR) is 162 cm³/mol. The average molecular weight is 567 g/mol. The number of amides is 2. The zero-order valence-electron chi connectivity index (χ0n) is 23.8. The van der Waals surface area contributed by atoms with Crippen molar-refractivity contribution in [2.24, 2.45) is 0 Å². The molecule has 0 saturated carbocycles. The van der Waals surface area contributed by atoms with Gasteiger partial charge in [-0.25, -0.2) is 0 Å². The van der Waals surface area contributed by atoms with Crippen LogP contribution in [0.2, 0.25) is 0 Å². The standard InChI is InChI=1S/C34H34N2O6/c1-22(37)28-20-31(41-2)32(42-3)21-29(28)26(17-18-35-34(40)27-11-7-8-12-30(27)38)24-13-15-25(16-14-24)36-33(39)19-23-9-5-4-6-10-23/h4-16,20-21,26,38H,17-19H2,1-3H3,(H,35,40)(H,36,39). The Kier molecular flexibility index (Phi) is 9.94. The fraction of sp³-hybridized carbons (Fsp3) is 0.206. The van der Waals surface area contributed by atoms with E-state index in [0.717, 1.165) is 16.7 Å². The molecule has 0 fully saturated rings. The number of para-hydroxylation sites is 1. The highest BCUT2D eigenvalue weighted by molar-refractivity contribution is 5.97. The smallest absolute Gasteiger partial charge is 0.255 e. The van der Waals surface area contributed by atoms with Crippen molar-refractivity contribution < 1.29 is 29.0 Å². The molecule has 0 spiro atoms. The van der Waals surface area contributed by atoms with Gasteiger partial charge in [0, 0.05) is 23.7 Å². The Morgan fingerprint density at radius 1 is 0.810 bits per heavy atom. The van der Waals surface area contributed by atoms with E-state index in [1.165, 1.54) is 27.2 Å². The first kappa shape index (κ1) is 29.9. The number of phenolic OH excluding ortho intramolecular Hbond substituents is 1. The lowest BCUT2D eigenvalue weighted by Gasteiger charge is -2.23. The lowest BCUT2D eigenvalue weighted by atomic mass is 9.84. The van der Waals surface area contributed by atoms with Crippen LogP contribution in [0, 0.1) is 0 Å². The molecule has 0 heterocycles. The van der Waals surface area contributed by atoms with Gasteiger partial charge in [-0.05, 0) is 66.4 Å². The molecular weight excluding hydrogens is 532 g/mol. The summed E-state index contributed by atoms with van der Waals surface area (Å²) in [6.07, 6.45) is 0.699. The largest absolute Gasteiger partial charge is 0.507 e. The number of methoxy groups -OCH3 is 2. The Morgan fingerprint density at radius 3 is 2.10 bits per heavy atom. The average Bonchev–Trinajstić information content (AvgIpc) is 2.99. The van der Waals surface area contributed by atoms with E-state index in [0.29, 0.717) is 29.2 Å². The minimum absolute atomic E-state index is 0.102. The molecule has 0 radical (unpaired) electrons. The van der Waals surface area contributed by atoms with E-state index in [1.54, 1.807) is 30.3 Å². The van der Waals surface area contributed by atoms with Gasteiger partial charge in [-0.2, -0.15) is 0 Å². The molecule has 4 aromatic carbocycles. The summed E-state index contributed by atoms with van der Waals surface area (Å²) in [5.74, 6) is -0.171. The van der Waals surface area contributed by atoms with Gasteiger partial charge in [-0.1, -0.05) is 54.6 Å². The molecule has 0 aliphatic carbocycles. The van der Waals surface area contributed by atoms with Crippen molar-refractivity contribution in [1.29, 1.82) is 0 Å². The molecule has 4 rings (SSSR count). The molecule has 0 aliphatic heterocycles. The predicted octanol–water partition coefficient (Wildman–Crippen LogP) is 5.75. The number of hydrogen-bond acceptors (Lipinski definition) is 6. The maximum atomic E-state index is 12.8. The number of nitrogens with one attached hydrogen (secondary N) is 2. The fourth-order valence-corrected chi connectivity index (χ4v) is 4.87. The van der Waals surface area contributed by atoms with E-state index in [9.17, 15) is 19.5 Å². The minimum atomic E-state index is -0.401. The maximum Gasteiger partial charge on any atom is 0.255 e. The third kappa shape index (κ3) is 7.34. The molecule has 42 heavy (non-hydrogen) atoms. The molecule has 1 unspecified atom stereocenters. The normalized spacial score (nSPS) is 11.3. The van der Waals surface area contributed by atoms with Gasteiger partial charge in [0.05, 0.1) is 26.2 Å². The van der Waals surface area contributed by atoms with Crippen LogP contribution >= 0.6 is 0 Å². The molecule has 3 N–H and O–H groups in total. The number of carbonyl (C=O) groups excluding carboxylic acids is 3. The topological polar surface area (TPSA) is 114 Å². The van der Waals surface area contributed by atoms with Crippen molar-refractivity contribution in [3.05, 3.63) is 119 Å². The van der Waals surface area contributed by atoms with E-state index >= 15 is 0 Å². The molecular formula is C34H34N2O6. The number of ether oxygens (including phenoxy) is 2. The number of hydrogen-bond donors (Lipinski definition) is 3. The van der Waals surface area contributed by atoms with Crippen molar-refractivity contribution >= 4 is 23.3 Å². The van der Waals surface area contributed by atoms with Crippen LogP contribution in [-0.4, -0.2) is 43.5 Å². The molecule has 0 aliphatic rings. The summed E-state index contributed by atoms with van der Waals surface area (Å²) < 4.78 is 11.0. The lowest BCUT2D eigenvalue weighted by molar-refractivity contribution is -0.115. The molecule has 4 aromatic rings. The van der Waals surface area contributed by atoms with E-state index < -0.39 is 5.91 Å². The van der Waals surface area contributed by atoms with Gasteiger partial charge in [0.2, 0.25) is 5.91 Å². The van der Waals surface area contributed by atoms with Gasteiger partial charge in [-0.3, -0.25) is 14.4 Å². The molecule has 1 atom stereocenters. The highest BCUT2D eigenvalue weighted by Gasteiger charge is 2.23. The Morgan fingerprint density at radius 2 is 1.45 bits per heavy atom. The van der Waals surface area contributed by atoms with Crippen LogP contribution in [0.4, 0.5) is 5.69 Å². The van der Waals surface area contributed by atoms with Gasteiger partial charge >= 0.3 is 0 Å². The number of aromatic hydroxyl groups is 1. The fourth-order valence-electron chi connectivity index (χ4n) is 4.87. The van der Waals surface area contributed by atoms with Crippen LogP contribution in [-0.2, 0) is 11.2 Å². The summed E-state index contributed by atoms with van der Waals surface area (Å²) >= 11 is 0. The van der Waals surface area contributed by atoms with Crippen LogP contribution in [0.15, 0.2) is 91.0 Å². The van der Waals surface area contributed by atoms with Gasteiger partial charge in [0.25, 0.3) is 5.91 Å². The highest BCUT2D eigenvalue weighted by Crippen LogP contribution is 2.38. The monoisotopic (exact) mass is 566 g/mol. The Labute approximate surface area is 245 Å². The number of phenols is 1. The molecule has 0 bridgehead atoms. The van der Waals surface area contributed by atoms with Crippen LogP contribution in [0.3, 0.4) is 0 Å². The minimum Gasteiger partial charge on any atom is -0.507 e. The van der Waals surface area contributed by atoms with E-state index in [1.807, 2.05) is 54.6 Å². The molecule has 8 nitrogen and oxygen atoms in total. The zero-order chi connectivity index (χ0) is 30.1. The lowest BCUT2D eigenvalue weighted by Crippen LogP contribution is -2.26. The van der Waals surface area contributed by atoms with Crippen molar-refractivity contribution in [2.45, 2.75) is 25.7 Å². The molecule has 8 heteroatoms. The SMILES string of the molecule is COc1cc(C(C)=O)c(C(CCNC(=O)c2ccccc2O)c2ccc(NC(=O)Cc3ccccc3)cc2)cc1OC. The summed E-state index contributed by atoms with van der Waals surface area (Å²) in [5.41, 5.74) is 3.82. The van der Waals surface area contributed by atoms with E-state index in [4.69, 9.17) is 9.47 Å². The Balaban J connectivity index is 1.61. The second-order valence-electron chi connectivity index (χ2n) is 9.80. The Hall–Kier alpha value is -5.11. The number of rotatable bonds is 12. The number of carbonyl (C=O) groups is 3. The summed E-state index contributed by atoms with van der Waals surface area (Å²) in [4.78, 5) is 38.1. The second kappa shape index (κ2) is 14.0. The second-order valence-corrected chi connectivity index (χ2v) is 9.80. The summed E-state index contributed by atoms with van der Waals surface area (Å²) in [6, 6.07) is 26.7. The third-order valence-electron chi connectivity index (χ3n) is 6.98. The first-order valence-corrected chi connectivity index (χ1v) is 13.6. The van der Waals surface area contributed by atoms with E-state index in [2.05, 4.69) is 10.6 Å². The zero-order valence-corrected chi connectivity index (χ0v) is 23.8. The summed E-state index contributed by atoms with van der Waals surface area (Å²) in [6.45, 7) is 1.76. The van der Waals surface area contributed by atoms with E-state index in [-0.39, 0.29) is 41.9 Å². The van der Waals surface area contributed by atoms with Gasteiger partial charge in [0.1, 0.15) is 5.75 Å². The number of ketones is 1. The Bertz CT molecular complexity index is 1550. The highest BCUT2D eigenvalue weighted by atomic mass is 16.5. The quantitative estimate of drug-likeness (QED) is 0.188. The van der Waals surface area contributed by atoms with Gasteiger partial charge < -0.3 is 25.2 Å². The van der Waals surface area contributed by atoms with Crippen molar-refractivity contribution in [3.8, 4) is 17.2 Å². The number of benzene rings is 4. The van der Waals surface area contributed by atoms with Gasteiger partial charge in [-0.15, -0.1) is 0 Å². The van der Waals surface area contributed by atoms with Crippen LogP contribution in [0.25, 0.3) is 0 Å². The van der Waals surface area contributed by atoms with Crippen LogP contribution in [0.1, 0.15) is 56.7 Å².